The standard InChI is InChI=1S/C21H30N4OS.HI/c1-4-18-15(2)27-20(25-18)11-12-23-21(22-3)24-13-17-7-5-6-8-19(17)26-14-16-9-10-16;/h5-8,16H,4,9-14H2,1-3H3,(H2,22,23,24);1H. The maximum Gasteiger partial charge on any atom is 0.191 e. The molecule has 154 valence electrons. The molecule has 0 spiro atoms. The van der Waals surface area contributed by atoms with Crippen LogP contribution >= 0.6 is 35.3 Å². The summed E-state index contributed by atoms with van der Waals surface area (Å²) in [6.07, 6.45) is 4.51. The number of halogens is 1. The van der Waals surface area contributed by atoms with E-state index >= 15 is 0 Å². The van der Waals surface area contributed by atoms with Crippen molar-refractivity contribution in [3.05, 3.63) is 45.4 Å². The second-order valence-electron chi connectivity index (χ2n) is 6.93. The summed E-state index contributed by atoms with van der Waals surface area (Å²) in [5.41, 5.74) is 2.38. The number of hydrogen-bond donors (Lipinski definition) is 2. The molecule has 1 aromatic carbocycles. The van der Waals surface area contributed by atoms with Crippen molar-refractivity contribution in [2.75, 3.05) is 20.2 Å². The minimum Gasteiger partial charge on any atom is -0.493 e. The molecule has 1 aliphatic carbocycles. The third-order valence-corrected chi connectivity index (χ3v) is 5.79. The Morgan fingerprint density at radius 1 is 1.29 bits per heavy atom. The molecule has 1 fully saturated rings. The number of para-hydroxylation sites is 1. The highest BCUT2D eigenvalue weighted by atomic mass is 127. The fourth-order valence-corrected chi connectivity index (χ4v) is 3.91. The summed E-state index contributed by atoms with van der Waals surface area (Å²) < 4.78 is 5.98. The van der Waals surface area contributed by atoms with Crippen LogP contribution in [0.1, 0.15) is 40.9 Å². The van der Waals surface area contributed by atoms with Crippen LogP contribution in [-0.2, 0) is 19.4 Å². The fraction of sp³-hybridized carbons (Fsp3) is 0.524. The van der Waals surface area contributed by atoms with Crippen molar-refractivity contribution >= 4 is 41.3 Å². The molecule has 3 rings (SSSR count). The molecule has 0 unspecified atom stereocenters. The summed E-state index contributed by atoms with van der Waals surface area (Å²) in [6, 6.07) is 8.23. The first-order valence-corrected chi connectivity index (χ1v) is 10.6. The van der Waals surface area contributed by atoms with Gasteiger partial charge in [-0.3, -0.25) is 4.99 Å². The number of aryl methyl sites for hydroxylation is 2. The lowest BCUT2D eigenvalue weighted by Crippen LogP contribution is -2.37. The van der Waals surface area contributed by atoms with Crippen molar-refractivity contribution in [3.8, 4) is 5.75 Å². The average molecular weight is 514 g/mol. The van der Waals surface area contributed by atoms with Crippen LogP contribution in [0.3, 0.4) is 0 Å². The maximum absolute atomic E-state index is 5.98. The zero-order valence-corrected chi connectivity index (χ0v) is 20.1. The van der Waals surface area contributed by atoms with Crippen LogP contribution in [0.15, 0.2) is 29.3 Å². The Labute approximate surface area is 189 Å². The number of hydrogen-bond acceptors (Lipinski definition) is 4. The van der Waals surface area contributed by atoms with Crippen molar-refractivity contribution < 1.29 is 4.74 Å². The van der Waals surface area contributed by atoms with Crippen LogP contribution in [0.25, 0.3) is 0 Å². The van der Waals surface area contributed by atoms with Crippen LogP contribution in [-0.4, -0.2) is 31.1 Å². The molecule has 28 heavy (non-hydrogen) atoms. The summed E-state index contributed by atoms with van der Waals surface area (Å²) in [7, 11) is 1.80. The molecule has 0 radical (unpaired) electrons. The van der Waals surface area contributed by atoms with Gasteiger partial charge < -0.3 is 15.4 Å². The average Bonchev–Trinajstić information content (AvgIpc) is 3.45. The van der Waals surface area contributed by atoms with Crippen molar-refractivity contribution in [3.63, 3.8) is 0 Å². The van der Waals surface area contributed by atoms with Crippen LogP contribution in [0, 0.1) is 12.8 Å². The summed E-state index contributed by atoms with van der Waals surface area (Å²) in [6.45, 7) is 6.64. The molecule has 1 aliphatic rings. The maximum atomic E-state index is 5.98. The summed E-state index contributed by atoms with van der Waals surface area (Å²) in [5, 5.41) is 7.95. The van der Waals surface area contributed by atoms with Gasteiger partial charge in [-0.05, 0) is 38.2 Å². The van der Waals surface area contributed by atoms with E-state index in [1.54, 1.807) is 18.4 Å². The highest BCUT2D eigenvalue weighted by molar-refractivity contribution is 14.0. The minimum atomic E-state index is 0. The van der Waals surface area contributed by atoms with E-state index in [1.807, 2.05) is 18.2 Å². The molecule has 1 heterocycles. The molecule has 0 bridgehead atoms. The monoisotopic (exact) mass is 514 g/mol. The number of benzene rings is 1. The molecule has 5 nitrogen and oxygen atoms in total. The van der Waals surface area contributed by atoms with Gasteiger partial charge in [-0.25, -0.2) is 4.98 Å². The SMILES string of the molecule is CCc1nc(CCNC(=NC)NCc2ccccc2OCC2CC2)sc1C.I. The molecule has 1 aromatic heterocycles. The number of aliphatic imine (C=N–C) groups is 1. The van der Waals surface area contributed by atoms with E-state index in [0.29, 0.717) is 6.54 Å². The van der Waals surface area contributed by atoms with Crippen LogP contribution < -0.4 is 15.4 Å². The van der Waals surface area contributed by atoms with Crippen molar-refractivity contribution in [2.45, 2.75) is 46.1 Å². The van der Waals surface area contributed by atoms with Gasteiger partial charge in [-0.2, -0.15) is 0 Å². The van der Waals surface area contributed by atoms with Crippen molar-refractivity contribution in [2.24, 2.45) is 10.9 Å². The Morgan fingerprint density at radius 2 is 2.07 bits per heavy atom. The largest absolute Gasteiger partial charge is 0.493 e. The number of rotatable bonds is 9. The number of thiazole rings is 1. The number of aromatic nitrogens is 1. The summed E-state index contributed by atoms with van der Waals surface area (Å²) in [5.74, 6) is 2.52. The summed E-state index contributed by atoms with van der Waals surface area (Å²) in [4.78, 5) is 10.4. The molecule has 0 saturated heterocycles. The zero-order valence-electron chi connectivity index (χ0n) is 17.0. The third kappa shape index (κ3) is 6.92. The van der Waals surface area contributed by atoms with Gasteiger partial charge in [0.05, 0.1) is 17.3 Å². The summed E-state index contributed by atoms with van der Waals surface area (Å²) >= 11 is 1.80. The molecular weight excluding hydrogens is 483 g/mol. The fourth-order valence-electron chi connectivity index (χ4n) is 2.89. The number of guanidine groups is 1. The first-order chi connectivity index (χ1) is 13.2. The third-order valence-electron chi connectivity index (χ3n) is 4.72. The lowest BCUT2D eigenvalue weighted by molar-refractivity contribution is 0.296. The zero-order chi connectivity index (χ0) is 19.1. The minimum absolute atomic E-state index is 0. The van der Waals surface area contributed by atoms with Crippen molar-refractivity contribution in [1.82, 2.24) is 15.6 Å². The van der Waals surface area contributed by atoms with E-state index in [9.17, 15) is 0 Å². The number of nitrogens with one attached hydrogen (secondary N) is 2. The highest BCUT2D eigenvalue weighted by Crippen LogP contribution is 2.30. The molecule has 1 saturated carbocycles. The van der Waals surface area contributed by atoms with Gasteiger partial charge in [0.15, 0.2) is 5.96 Å². The molecule has 7 heteroatoms. The molecule has 2 N–H and O–H groups in total. The second kappa shape index (κ2) is 11.6. The van der Waals surface area contributed by atoms with Gasteiger partial charge >= 0.3 is 0 Å². The molecule has 0 amide bonds. The second-order valence-corrected chi connectivity index (χ2v) is 8.22. The quantitative estimate of drug-likeness (QED) is 0.297. The predicted octanol–water partition coefficient (Wildman–Crippen LogP) is 4.33. The number of ether oxygens (including phenoxy) is 1. The van der Waals surface area contributed by atoms with E-state index < -0.39 is 0 Å². The molecule has 0 aliphatic heterocycles. The number of nitrogens with zero attached hydrogens (tertiary/aromatic N) is 2. The van der Waals surface area contributed by atoms with Gasteiger partial charge in [0, 0.05) is 37.0 Å². The Hall–Kier alpha value is -1.35. The molecular formula is C21H31IN4OS. The van der Waals surface area contributed by atoms with E-state index in [4.69, 9.17) is 9.72 Å². The van der Waals surface area contributed by atoms with Crippen LogP contribution in [0.5, 0.6) is 5.75 Å². The van der Waals surface area contributed by atoms with Gasteiger partial charge in [0.1, 0.15) is 5.75 Å². The van der Waals surface area contributed by atoms with E-state index in [0.717, 1.165) is 49.2 Å². The Kier molecular flexibility index (Phi) is 9.50. The first kappa shape index (κ1) is 22.9. The first-order valence-electron chi connectivity index (χ1n) is 9.80. The smallest absolute Gasteiger partial charge is 0.191 e. The molecule has 0 atom stereocenters. The Morgan fingerprint density at radius 3 is 2.75 bits per heavy atom. The Bertz CT molecular complexity index is 774. The lowest BCUT2D eigenvalue weighted by atomic mass is 10.2. The van der Waals surface area contributed by atoms with Gasteiger partial charge in [0.2, 0.25) is 0 Å². The van der Waals surface area contributed by atoms with E-state index in [-0.39, 0.29) is 24.0 Å². The van der Waals surface area contributed by atoms with Gasteiger partial charge in [-0.15, -0.1) is 35.3 Å². The van der Waals surface area contributed by atoms with Gasteiger partial charge in [0.25, 0.3) is 0 Å². The van der Waals surface area contributed by atoms with E-state index in [2.05, 4.69) is 35.5 Å². The van der Waals surface area contributed by atoms with E-state index in [1.165, 1.54) is 28.4 Å². The van der Waals surface area contributed by atoms with Gasteiger partial charge in [-0.1, -0.05) is 25.1 Å². The van der Waals surface area contributed by atoms with Crippen molar-refractivity contribution in [1.29, 1.82) is 0 Å². The highest BCUT2D eigenvalue weighted by Gasteiger charge is 2.22. The Balaban J connectivity index is 0.00000280. The topological polar surface area (TPSA) is 58.5 Å². The predicted molar refractivity (Wildman–Crippen MR) is 128 cm³/mol. The van der Waals surface area contributed by atoms with Crippen LogP contribution in [0.4, 0.5) is 0 Å². The van der Waals surface area contributed by atoms with Crippen LogP contribution in [0.2, 0.25) is 0 Å². The normalized spacial score (nSPS) is 13.8. The lowest BCUT2D eigenvalue weighted by Gasteiger charge is -2.14. The molecule has 2 aromatic rings.